The number of anilines is 1. The van der Waals surface area contributed by atoms with Crippen molar-refractivity contribution >= 4 is 35.0 Å². The number of carboxylic acids is 1. The van der Waals surface area contributed by atoms with Crippen molar-refractivity contribution in [3.63, 3.8) is 0 Å². The van der Waals surface area contributed by atoms with Crippen LogP contribution in [-0.4, -0.2) is 16.1 Å². The number of rotatable bonds is 2. The molecular formula is C12H8Cl2N2O2. The fourth-order valence-corrected chi connectivity index (χ4v) is 2.20. The van der Waals surface area contributed by atoms with E-state index < -0.39 is 5.97 Å². The van der Waals surface area contributed by atoms with Crippen LogP contribution in [0.25, 0.3) is 11.1 Å². The second-order valence-electron chi connectivity index (χ2n) is 3.56. The number of carboxylic acid groups (broad SMARTS) is 1. The quantitative estimate of drug-likeness (QED) is 0.886. The maximum atomic E-state index is 11.2. The second kappa shape index (κ2) is 4.84. The third-order valence-corrected chi connectivity index (χ3v) is 3.02. The van der Waals surface area contributed by atoms with E-state index in [9.17, 15) is 4.79 Å². The molecule has 0 amide bonds. The SMILES string of the molecule is Nc1cc(C(=O)O)c(-c2c(Cl)cccc2Cl)cn1. The molecule has 1 heterocycles. The van der Waals surface area contributed by atoms with E-state index in [1.54, 1.807) is 18.2 Å². The fourth-order valence-electron chi connectivity index (χ4n) is 1.60. The van der Waals surface area contributed by atoms with Gasteiger partial charge in [0.25, 0.3) is 0 Å². The summed E-state index contributed by atoms with van der Waals surface area (Å²) in [5.74, 6) is -0.991. The Morgan fingerprint density at radius 1 is 1.28 bits per heavy atom. The minimum Gasteiger partial charge on any atom is -0.478 e. The number of aromatic carboxylic acids is 1. The number of aromatic nitrogens is 1. The van der Waals surface area contributed by atoms with Gasteiger partial charge in [0.05, 0.1) is 5.56 Å². The van der Waals surface area contributed by atoms with E-state index in [-0.39, 0.29) is 11.4 Å². The Morgan fingerprint density at radius 3 is 2.44 bits per heavy atom. The van der Waals surface area contributed by atoms with Crippen molar-refractivity contribution in [3.05, 3.63) is 46.1 Å². The summed E-state index contributed by atoms with van der Waals surface area (Å²) in [7, 11) is 0. The van der Waals surface area contributed by atoms with Crippen LogP contribution in [0.2, 0.25) is 10.0 Å². The largest absolute Gasteiger partial charge is 0.478 e. The van der Waals surface area contributed by atoms with Crippen LogP contribution >= 0.6 is 23.2 Å². The van der Waals surface area contributed by atoms with E-state index in [4.69, 9.17) is 34.0 Å². The predicted molar refractivity (Wildman–Crippen MR) is 71.1 cm³/mol. The van der Waals surface area contributed by atoms with Crippen LogP contribution in [0.3, 0.4) is 0 Å². The minimum atomic E-state index is -1.12. The Labute approximate surface area is 113 Å². The number of nitrogen functional groups attached to an aromatic ring is 1. The van der Waals surface area contributed by atoms with Crippen molar-refractivity contribution < 1.29 is 9.90 Å². The normalized spacial score (nSPS) is 10.3. The van der Waals surface area contributed by atoms with Gasteiger partial charge in [0.2, 0.25) is 0 Å². The fraction of sp³-hybridized carbons (Fsp3) is 0. The molecular weight excluding hydrogens is 275 g/mol. The third-order valence-electron chi connectivity index (χ3n) is 2.39. The molecule has 0 atom stereocenters. The average molecular weight is 283 g/mol. The lowest BCUT2D eigenvalue weighted by Crippen LogP contribution is -2.03. The molecule has 0 fully saturated rings. The first-order valence-corrected chi connectivity index (χ1v) is 5.69. The van der Waals surface area contributed by atoms with Crippen LogP contribution in [0.5, 0.6) is 0 Å². The Kier molecular flexibility index (Phi) is 3.41. The molecule has 1 aromatic heterocycles. The zero-order valence-electron chi connectivity index (χ0n) is 9.02. The van der Waals surface area contributed by atoms with Crippen LogP contribution in [0.1, 0.15) is 10.4 Å². The highest BCUT2D eigenvalue weighted by Crippen LogP contribution is 2.36. The summed E-state index contributed by atoms with van der Waals surface area (Å²) in [6, 6.07) is 6.21. The van der Waals surface area contributed by atoms with E-state index in [0.29, 0.717) is 21.2 Å². The molecule has 6 heteroatoms. The third kappa shape index (κ3) is 2.25. The van der Waals surface area contributed by atoms with E-state index in [1.807, 2.05) is 0 Å². The topological polar surface area (TPSA) is 76.2 Å². The number of nitrogens with zero attached hydrogens (tertiary/aromatic N) is 1. The van der Waals surface area contributed by atoms with Crippen LogP contribution in [-0.2, 0) is 0 Å². The van der Waals surface area contributed by atoms with Crippen molar-refractivity contribution in [2.45, 2.75) is 0 Å². The van der Waals surface area contributed by atoms with Crippen molar-refractivity contribution in [1.82, 2.24) is 4.98 Å². The summed E-state index contributed by atoms with van der Waals surface area (Å²) in [5, 5.41) is 9.88. The lowest BCUT2D eigenvalue weighted by molar-refractivity contribution is 0.0697. The molecule has 4 nitrogen and oxygen atoms in total. The molecule has 0 aliphatic heterocycles. The highest BCUT2D eigenvalue weighted by atomic mass is 35.5. The lowest BCUT2D eigenvalue weighted by atomic mass is 10.0. The van der Waals surface area contributed by atoms with E-state index in [2.05, 4.69) is 4.98 Å². The molecule has 0 aliphatic rings. The number of benzene rings is 1. The first kappa shape index (κ1) is 12.7. The summed E-state index contributed by atoms with van der Waals surface area (Å²) < 4.78 is 0. The molecule has 0 aliphatic carbocycles. The molecule has 3 N–H and O–H groups in total. The molecule has 18 heavy (non-hydrogen) atoms. The Morgan fingerprint density at radius 2 is 1.89 bits per heavy atom. The first-order chi connectivity index (χ1) is 8.50. The molecule has 1 aromatic carbocycles. The van der Waals surface area contributed by atoms with Gasteiger partial charge in [-0.15, -0.1) is 0 Å². The number of hydrogen-bond acceptors (Lipinski definition) is 3. The molecule has 2 rings (SSSR count). The highest BCUT2D eigenvalue weighted by molar-refractivity contribution is 6.39. The predicted octanol–water partition coefficient (Wildman–Crippen LogP) is 3.34. The van der Waals surface area contributed by atoms with E-state index in [0.717, 1.165) is 0 Å². The van der Waals surface area contributed by atoms with Crippen LogP contribution in [0, 0.1) is 0 Å². The Balaban J connectivity index is 2.75. The minimum absolute atomic E-state index is 0.0116. The van der Waals surface area contributed by atoms with Crippen molar-refractivity contribution in [2.75, 3.05) is 5.73 Å². The lowest BCUT2D eigenvalue weighted by Gasteiger charge is -2.10. The van der Waals surface area contributed by atoms with Gasteiger partial charge in [-0.1, -0.05) is 29.3 Å². The number of carbonyl (C=O) groups is 1. The summed E-state index contributed by atoms with van der Waals surface area (Å²) in [5.41, 5.74) is 6.27. The molecule has 2 aromatic rings. The van der Waals surface area contributed by atoms with Crippen LogP contribution in [0.15, 0.2) is 30.5 Å². The van der Waals surface area contributed by atoms with Crippen molar-refractivity contribution in [3.8, 4) is 11.1 Å². The summed E-state index contributed by atoms with van der Waals surface area (Å²) in [6.45, 7) is 0. The zero-order chi connectivity index (χ0) is 13.3. The van der Waals surface area contributed by atoms with E-state index in [1.165, 1.54) is 12.3 Å². The smallest absolute Gasteiger partial charge is 0.336 e. The summed E-state index contributed by atoms with van der Waals surface area (Å²) in [4.78, 5) is 15.1. The summed E-state index contributed by atoms with van der Waals surface area (Å²) in [6.07, 6.45) is 1.35. The standard InChI is InChI=1S/C12H8Cl2N2O2/c13-8-2-1-3-9(14)11(8)7-5-16-10(15)4-6(7)12(17)18/h1-5H,(H2,15,16)(H,17,18). The highest BCUT2D eigenvalue weighted by Gasteiger charge is 2.17. The van der Waals surface area contributed by atoms with Gasteiger partial charge in [-0.2, -0.15) is 0 Å². The Hall–Kier alpha value is -1.78. The molecule has 0 unspecified atom stereocenters. The maximum Gasteiger partial charge on any atom is 0.336 e. The molecule has 0 saturated carbocycles. The van der Waals surface area contributed by atoms with Gasteiger partial charge in [0, 0.05) is 27.4 Å². The molecule has 92 valence electrons. The zero-order valence-corrected chi connectivity index (χ0v) is 10.5. The molecule has 0 radical (unpaired) electrons. The van der Waals surface area contributed by atoms with Gasteiger partial charge in [0.1, 0.15) is 5.82 Å². The number of pyridine rings is 1. The molecule has 0 saturated heterocycles. The van der Waals surface area contributed by atoms with Gasteiger partial charge in [-0.3, -0.25) is 0 Å². The monoisotopic (exact) mass is 282 g/mol. The van der Waals surface area contributed by atoms with Crippen molar-refractivity contribution in [2.24, 2.45) is 0 Å². The average Bonchev–Trinajstić information content (AvgIpc) is 2.30. The van der Waals surface area contributed by atoms with Gasteiger partial charge in [-0.05, 0) is 18.2 Å². The molecule has 0 spiro atoms. The number of halogens is 2. The van der Waals surface area contributed by atoms with Gasteiger partial charge < -0.3 is 10.8 Å². The van der Waals surface area contributed by atoms with Gasteiger partial charge in [-0.25, -0.2) is 9.78 Å². The van der Waals surface area contributed by atoms with Gasteiger partial charge >= 0.3 is 5.97 Å². The van der Waals surface area contributed by atoms with E-state index >= 15 is 0 Å². The number of hydrogen-bond donors (Lipinski definition) is 2. The van der Waals surface area contributed by atoms with Crippen LogP contribution < -0.4 is 5.73 Å². The number of nitrogens with two attached hydrogens (primary N) is 1. The van der Waals surface area contributed by atoms with Crippen LogP contribution in [0.4, 0.5) is 5.82 Å². The summed E-state index contributed by atoms with van der Waals surface area (Å²) >= 11 is 12.1. The molecule has 0 bridgehead atoms. The first-order valence-electron chi connectivity index (χ1n) is 4.94. The maximum absolute atomic E-state index is 11.2. The van der Waals surface area contributed by atoms with Crippen molar-refractivity contribution in [1.29, 1.82) is 0 Å². The van der Waals surface area contributed by atoms with Gasteiger partial charge in [0.15, 0.2) is 0 Å². The Bertz CT molecular complexity index is 609. The second-order valence-corrected chi connectivity index (χ2v) is 4.37.